The quantitative estimate of drug-likeness (QED) is 0.375. The van der Waals surface area contributed by atoms with Crippen molar-refractivity contribution in [1.82, 2.24) is 9.97 Å². The number of carbonyl (C=O) groups excluding carboxylic acids is 1. The molecule has 4 rings (SSSR count). The SMILES string of the molecule is NS(=O)(=O)OC[C@@H]1C[C@H](F)[C@H](Nc2ncncc2C(=O)c2cc(Cc3cccc(Br)c3)cs2)C1. The first-order chi connectivity index (χ1) is 16.2. The number of thiophene rings is 1. The van der Waals surface area contributed by atoms with Crippen molar-refractivity contribution in [3.8, 4) is 0 Å². The van der Waals surface area contributed by atoms with Crippen molar-refractivity contribution in [1.29, 1.82) is 0 Å². The van der Waals surface area contributed by atoms with Crippen LogP contribution in [0.3, 0.4) is 0 Å². The van der Waals surface area contributed by atoms with Crippen molar-refractivity contribution in [2.45, 2.75) is 31.5 Å². The van der Waals surface area contributed by atoms with E-state index in [4.69, 9.17) is 5.14 Å². The van der Waals surface area contributed by atoms with Crippen molar-refractivity contribution >= 4 is 49.2 Å². The van der Waals surface area contributed by atoms with E-state index in [2.05, 4.69) is 35.4 Å². The van der Waals surface area contributed by atoms with Crippen molar-refractivity contribution in [2.24, 2.45) is 11.1 Å². The molecule has 2 heterocycles. The smallest absolute Gasteiger partial charge is 0.333 e. The lowest BCUT2D eigenvalue weighted by Gasteiger charge is -2.17. The van der Waals surface area contributed by atoms with Gasteiger partial charge in [-0.15, -0.1) is 11.3 Å². The van der Waals surface area contributed by atoms with Crippen LogP contribution in [-0.4, -0.2) is 43.0 Å². The van der Waals surface area contributed by atoms with Crippen LogP contribution in [0, 0.1) is 5.92 Å². The Morgan fingerprint density at radius 1 is 1.29 bits per heavy atom. The van der Waals surface area contributed by atoms with E-state index in [1.807, 2.05) is 35.7 Å². The van der Waals surface area contributed by atoms with Gasteiger partial charge in [-0.05, 0) is 59.9 Å². The van der Waals surface area contributed by atoms with Crippen LogP contribution >= 0.6 is 27.3 Å². The molecule has 12 heteroatoms. The zero-order valence-corrected chi connectivity index (χ0v) is 21.1. The summed E-state index contributed by atoms with van der Waals surface area (Å²) in [5.74, 6) is -0.344. The maximum Gasteiger partial charge on any atom is 0.333 e. The Balaban J connectivity index is 1.45. The Bertz CT molecular complexity index is 1290. The molecule has 2 aromatic heterocycles. The summed E-state index contributed by atoms with van der Waals surface area (Å²) in [6.07, 6.45) is 2.55. The molecule has 1 fully saturated rings. The third kappa shape index (κ3) is 6.45. The summed E-state index contributed by atoms with van der Waals surface area (Å²) in [7, 11) is -4.08. The monoisotopic (exact) mass is 568 g/mol. The summed E-state index contributed by atoms with van der Waals surface area (Å²) in [6, 6.07) is 9.17. The standard InChI is InChI=1S/C22H22BrFN4O4S2/c23-16-3-1-2-13(5-16)4-15-8-20(33-11-15)21(29)17-9-26-12-27-22(17)28-19-7-14(6-18(19)24)10-32-34(25,30)31/h1-3,5,8-9,11-12,14,18-19H,4,6-7,10H2,(H2,25,30,31)(H,26,27,28)/t14-,18+,19-/m1/s1. The van der Waals surface area contributed by atoms with Gasteiger partial charge in [0.15, 0.2) is 0 Å². The normalized spacial score (nSPS) is 20.4. The minimum atomic E-state index is -4.08. The number of hydrogen-bond acceptors (Lipinski definition) is 8. The molecule has 3 N–H and O–H groups in total. The Kier molecular flexibility index (Phi) is 7.73. The fourth-order valence-corrected chi connectivity index (χ4v) is 5.65. The molecule has 1 saturated carbocycles. The second-order valence-corrected chi connectivity index (χ2v) is 11.2. The van der Waals surface area contributed by atoms with E-state index in [0.717, 1.165) is 15.6 Å². The zero-order valence-electron chi connectivity index (χ0n) is 17.9. The van der Waals surface area contributed by atoms with Gasteiger partial charge in [0.05, 0.1) is 23.1 Å². The highest BCUT2D eigenvalue weighted by Crippen LogP contribution is 2.32. The molecule has 3 atom stereocenters. The topological polar surface area (TPSA) is 124 Å². The molecule has 1 aliphatic rings. The van der Waals surface area contributed by atoms with E-state index in [0.29, 0.717) is 17.7 Å². The molecule has 0 saturated heterocycles. The zero-order chi connectivity index (χ0) is 24.3. The maximum atomic E-state index is 14.6. The lowest BCUT2D eigenvalue weighted by atomic mass is 10.1. The van der Waals surface area contributed by atoms with Crippen molar-refractivity contribution < 1.29 is 21.8 Å². The Hall–Kier alpha value is -2.25. The molecule has 1 aliphatic carbocycles. The highest BCUT2D eigenvalue weighted by molar-refractivity contribution is 9.10. The minimum absolute atomic E-state index is 0.117. The number of nitrogens with two attached hydrogens (primary N) is 1. The Morgan fingerprint density at radius 2 is 2.12 bits per heavy atom. The molecule has 0 amide bonds. The molecule has 180 valence electrons. The number of benzene rings is 1. The van der Waals surface area contributed by atoms with Gasteiger partial charge in [0.2, 0.25) is 5.78 Å². The third-order valence-corrected chi connectivity index (χ3v) is 7.44. The number of ketones is 1. The fourth-order valence-electron chi connectivity index (χ4n) is 3.95. The number of hydrogen-bond donors (Lipinski definition) is 2. The van der Waals surface area contributed by atoms with Gasteiger partial charge in [-0.1, -0.05) is 28.1 Å². The van der Waals surface area contributed by atoms with Gasteiger partial charge in [0.1, 0.15) is 18.3 Å². The molecule has 0 radical (unpaired) electrons. The molecule has 0 aliphatic heterocycles. The van der Waals surface area contributed by atoms with Crippen LogP contribution in [0.4, 0.5) is 10.2 Å². The van der Waals surface area contributed by atoms with Crippen LogP contribution in [0.1, 0.15) is 39.2 Å². The van der Waals surface area contributed by atoms with Gasteiger partial charge in [0.25, 0.3) is 0 Å². The third-order valence-electron chi connectivity index (χ3n) is 5.50. The molecule has 8 nitrogen and oxygen atoms in total. The van der Waals surface area contributed by atoms with Gasteiger partial charge in [0, 0.05) is 10.7 Å². The van der Waals surface area contributed by atoms with E-state index in [9.17, 15) is 17.6 Å². The average Bonchev–Trinajstić information content (AvgIpc) is 3.38. The Labute approximate surface area is 209 Å². The first-order valence-corrected chi connectivity index (χ1v) is 13.6. The maximum absolute atomic E-state index is 14.6. The van der Waals surface area contributed by atoms with E-state index < -0.39 is 22.5 Å². The number of nitrogens with one attached hydrogen (secondary N) is 1. The Morgan fingerprint density at radius 3 is 2.88 bits per heavy atom. The first kappa shape index (κ1) is 24.9. The summed E-state index contributed by atoms with van der Waals surface area (Å²) < 4.78 is 42.2. The van der Waals surface area contributed by atoms with Crippen LogP contribution in [0.2, 0.25) is 0 Å². The molecular weight excluding hydrogens is 547 g/mol. The van der Waals surface area contributed by atoms with Crippen LogP contribution < -0.4 is 10.5 Å². The van der Waals surface area contributed by atoms with Gasteiger partial charge < -0.3 is 5.32 Å². The minimum Gasteiger partial charge on any atom is -0.364 e. The number of rotatable bonds is 9. The molecule has 0 bridgehead atoms. The highest BCUT2D eigenvalue weighted by Gasteiger charge is 2.36. The molecule has 34 heavy (non-hydrogen) atoms. The van der Waals surface area contributed by atoms with Gasteiger partial charge in [-0.2, -0.15) is 8.42 Å². The second kappa shape index (κ2) is 10.6. The van der Waals surface area contributed by atoms with Crippen molar-refractivity contribution in [3.05, 3.63) is 74.3 Å². The number of alkyl halides is 1. The predicted molar refractivity (Wildman–Crippen MR) is 131 cm³/mol. The van der Waals surface area contributed by atoms with Crippen LogP contribution in [0.15, 0.2) is 52.7 Å². The summed E-state index contributed by atoms with van der Waals surface area (Å²) in [5, 5.41) is 9.80. The second-order valence-electron chi connectivity index (χ2n) is 8.12. The summed E-state index contributed by atoms with van der Waals surface area (Å²) in [6.45, 7) is -0.192. The van der Waals surface area contributed by atoms with E-state index >= 15 is 0 Å². The van der Waals surface area contributed by atoms with E-state index in [1.54, 1.807) is 0 Å². The van der Waals surface area contributed by atoms with Crippen LogP contribution in [0.25, 0.3) is 0 Å². The van der Waals surface area contributed by atoms with Gasteiger partial charge in [-0.3, -0.25) is 8.98 Å². The summed E-state index contributed by atoms with van der Waals surface area (Å²) >= 11 is 4.80. The number of nitrogens with zero attached hydrogens (tertiary/aromatic N) is 2. The molecule has 3 aromatic rings. The van der Waals surface area contributed by atoms with Crippen LogP contribution in [-0.2, 0) is 20.9 Å². The summed E-state index contributed by atoms with van der Waals surface area (Å²) in [5.41, 5.74) is 2.37. The molecule has 0 unspecified atom stereocenters. The lowest BCUT2D eigenvalue weighted by molar-refractivity contribution is 0.104. The molecule has 0 spiro atoms. The number of aromatic nitrogens is 2. The fraction of sp³-hybridized carbons (Fsp3) is 0.318. The highest BCUT2D eigenvalue weighted by atomic mass is 79.9. The summed E-state index contributed by atoms with van der Waals surface area (Å²) in [4.78, 5) is 21.9. The lowest BCUT2D eigenvalue weighted by Crippen LogP contribution is -2.27. The van der Waals surface area contributed by atoms with E-state index in [-0.39, 0.29) is 36.1 Å². The van der Waals surface area contributed by atoms with Crippen molar-refractivity contribution in [3.63, 3.8) is 0 Å². The number of carbonyl (C=O) groups is 1. The van der Waals surface area contributed by atoms with Gasteiger partial charge >= 0.3 is 10.3 Å². The number of halogens is 2. The van der Waals surface area contributed by atoms with Gasteiger partial charge in [-0.25, -0.2) is 19.5 Å². The van der Waals surface area contributed by atoms with E-state index in [1.165, 1.54) is 23.9 Å². The largest absolute Gasteiger partial charge is 0.364 e. The molecular formula is C22H22BrFN4O4S2. The predicted octanol–water partition coefficient (Wildman–Crippen LogP) is 3.87. The molecule has 1 aromatic carbocycles. The van der Waals surface area contributed by atoms with Crippen molar-refractivity contribution in [2.75, 3.05) is 11.9 Å². The average molecular weight is 569 g/mol. The first-order valence-electron chi connectivity index (χ1n) is 10.4. The van der Waals surface area contributed by atoms with Crippen LogP contribution in [0.5, 0.6) is 0 Å². The number of anilines is 1.